The molecule has 2 aromatic heterocycles. The van der Waals surface area contributed by atoms with Crippen molar-refractivity contribution in [2.75, 3.05) is 19.6 Å². The van der Waals surface area contributed by atoms with Crippen molar-refractivity contribution in [1.29, 1.82) is 0 Å². The highest BCUT2D eigenvalue weighted by Gasteiger charge is 2.12. The summed E-state index contributed by atoms with van der Waals surface area (Å²) in [4.78, 5) is 7.08. The van der Waals surface area contributed by atoms with E-state index in [0.29, 0.717) is 0 Å². The molecule has 0 saturated carbocycles. The van der Waals surface area contributed by atoms with Crippen molar-refractivity contribution in [3.05, 3.63) is 30.1 Å². The molecule has 18 heavy (non-hydrogen) atoms. The summed E-state index contributed by atoms with van der Waals surface area (Å²) in [5.74, 6) is 0. The van der Waals surface area contributed by atoms with Gasteiger partial charge < -0.3 is 9.47 Å². The average Bonchev–Trinajstić information content (AvgIpc) is 3.04. The molecule has 1 saturated heterocycles. The molecular formula is C15H21N3. The van der Waals surface area contributed by atoms with E-state index >= 15 is 0 Å². The Morgan fingerprint density at radius 2 is 2.06 bits per heavy atom. The molecule has 3 nitrogen and oxygen atoms in total. The van der Waals surface area contributed by atoms with Crippen LogP contribution in [0.15, 0.2) is 24.5 Å². The molecule has 0 bridgehead atoms. The molecule has 0 atom stereocenters. The van der Waals surface area contributed by atoms with Gasteiger partial charge in [-0.25, -0.2) is 0 Å². The van der Waals surface area contributed by atoms with Gasteiger partial charge >= 0.3 is 0 Å². The van der Waals surface area contributed by atoms with Crippen LogP contribution in [-0.2, 0) is 13.0 Å². The molecule has 0 spiro atoms. The number of hydrogen-bond donors (Lipinski definition) is 0. The van der Waals surface area contributed by atoms with Crippen LogP contribution < -0.4 is 0 Å². The molecule has 0 aromatic carbocycles. The van der Waals surface area contributed by atoms with Gasteiger partial charge in [0.1, 0.15) is 0 Å². The topological polar surface area (TPSA) is 21.1 Å². The van der Waals surface area contributed by atoms with Crippen molar-refractivity contribution in [2.24, 2.45) is 0 Å². The van der Waals surface area contributed by atoms with Crippen molar-refractivity contribution >= 4 is 11.0 Å². The van der Waals surface area contributed by atoms with Gasteiger partial charge in [-0.2, -0.15) is 0 Å². The molecule has 3 heterocycles. The van der Waals surface area contributed by atoms with E-state index in [-0.39, 0.29) is 0 Å². The van der Waals surface area contributed by atoms with E-state index in [0.717, 1.165) is 13.0 Å². The number of likely N-dealkylation sites (tertiary alicyclic amines) is 1. The Labute approximate surface area is 108 Å². The van der Waals surface area contributed by atoms with Crippen LogP contribution in [0.25, 0.3) is 11.0 Å². The fraction of sp³-hybridized carbons (Fsp3) is 0.533. The van der Waals surface area contributed by atoms with Gasteiger partial charge in [0.05, 0.1) is 11.0 Å². The van der Waals surface area contributed by atoms with E-state index in [1.54, 1.807) is 0 Å². The van der Waals surface area contributed by atoms with Crippen LogP contribution in [0.4, 0.5) is 0 Å². The molecule has 0 unspecified atom stereocenters. The zero-order chi connectivity index (χ0) is 12.4. The normalized spacial score (nSPS) is 16.7. The van der Waals surface area contributed by atoms with Crippen molar-refractivity contribution in [1.82, 2.24) is 14.5 Å². The van der Waals surface area contributed by atoms with Gasteiger partial charge in [0.2, 0.25) is 0 Å². The number of aromatic nitrogens is 2. The summed E-state index contributed by atoms with van der Waals surface area (Å²) < 4.78 is 2.37. The van der Waals surface area contributed by atoms with Crippen LogP contribution in [0.1, 0.15) is 25.3 Å². The summed E-state index contributed by atoms with van der Waals surface area (Å²) in [7, 11) is 0. The van der Waals surface area contributed by atoms with E-state index in [2.05, 4.69) is 33.6 Å². The summed E-state index contributed by atoms with van der Waals surface area (Å²) in [6, 6.07) is 4.22. The van der Waals surface area contributed by atoms with Crippen LogP contribution >= 0.6 is 0 Å². The van der Waals surface area contributed by atoms with Gasteiger partial charge in [0, 0.05) is 25.5 Å². The fourth-order valence-electron chi connectivity index (χ4n) is 2.89. The molecule has 1 aliphatic rings. The summed E-state index contributed by atoms with van der Waals surface area (Å²) in [6.45, 7) is 7.01. The third-order valence-corrected chi connectivity index (χ3v) is 3.95. The first-order valence-electron chi connectivity index (χ1n) is 7.03. The average molecular weight is 243 g/mol. The van der Waals surface area contributed by atoms with E-state index in [9.17, 15) is 0 Å². The Morgan fingerprint density at radius 3 is 2.83 bits per heavy atom. The second-order valence-corrected chi connectivity index (χ2v) is 5.12. The van der Waals surface area contributed by atoms with Crippen LogP contribution in [0.2, 0.25) is 0 Å². The molecule has 0 radical (unpaired) electrons. The Morgan fingerprint density at radius 1 is 1.22 bits per heavy atom. The Hall–Kier alpha value is -1.35. The first kappa shape index (κ1) is 11.7. The van der Waals surface area contributed by atoms with E-state index in [1.165, 1.54) is 49.1 Å². The van der Waals surface area contributed by atoms with Gasteiger partial charge in [0.15, 0.2) is 0 Å². The monoisotopic (exact) mass is 243 g/mol. The highest BCUT2D eigenvalue weighted by atomic mass is 15.2. The maximum atomic E-state index is 4.52. The van der Waals surface area contributed by atoms with Crippen LogP contribution in [0, 0.1) is 0 Å². The molecule has 0 aliphatic carbocycles. The highest BCUT2D eigenvalue weighted by molar-refractivity contribution is 5.79. The number of rotatable bonds is 4. The lowest BCUT2D eigenvalue weighted by atomic mass is 10.2. The summed E-state index contributed by atoms with van der Waals surface area (Å²) in [5, 5.41) is 0. The highest BCUT2D eigenvalue weighted by Crippen LogP contribution is 2.19. The second kappa shape index (κ2) is 5.11. The first-order chi connectivity index (χ1) is 8.88. The number of fused-ring (bicyclic) bond motifs is 1. The molecule has 1 aliphatic heterocycles. The predicted molar refractivity (Wildman–Crippen MR) is 74.8 cm³/mol. The minimum absolute atomic E-state index is 1.06. The van der Waals surface area contributed by atoms with Gasteiger partial charge in [-0.05, 0) is 50.0 Å². The smallest absolute Gasteiger partial charge is 0.0912 e. The maximum Gasteiger partial charge on any atom is 0.0912 e. The van der Waals surface area contributed by atoms with Crippen LogP contribution in [-0.4, -0.2) is 34.1 Å². The minimum atomic E-state index is 1.06. The first-order valence-corrected chi connectivity index (χ1v) is 7.03. The third-order valence-electron chi connectivity index (χ3n) is 3.95. The lowest BCUT2D eigenvalue weighted by Crippen LogP contribution is -2.23. The standard InChI is InChI=1S/C15H21N3/c1-2-13-12-18(11-10-17-8-3-4-9-17)14-6-5-7-16-15(13)14/h5-7,12H,2-4,8-11H2,1H3. The van der Waals surface area contributed by atoms with Crippen molar-refractivity contribution in [3.63, 3.8) is 0 Å². The second-order valence-electron chi connectivity index (χ2n) is 5.12. The van der Waals surface area contributed by atoms with Crippen LogP contribution in [0.3, 0.4) is 0 Å². The molecule has 1 fully saturated rings. The Balaban J connectivity index is 1.82. The Kier molecular flexibility index (Phi) is 3.33. The van der Waals surface area contributed by atoms with Gasteiger partial charge in [-0.3, -0.25) is 4.98 Å². The lowest BCUT2D eigenvalue weighted by molar-refractivity contribution is 0.324. The third kappa shape index (κ3) is 2.15. The fourth-order valence-corrected chi connectivity index (χ4v) is 2.89. The lowest BCUT2D eigenvalue weighted by Gasteiger charge is -2.15. The van der Waals surface area contributed by atoms with Gasteiger partial charge in [-0.15, -0.1) is 0 Å². The molecular weight excluding hydrogens is 222 g/mol. The van der Waals surface area contributed by atoms with Crippen molar-refractivity contribution in [3.8, 4) is 0 Å². The van der Waals surface area contributed by atoms with Crippen molar-refractivity contribution < 1.29 is 0 Å². The molecule has 3 rings (SSSR count). The summed E-state index contributed by atoms with van der Waals surface area (Å²) in [6.07, 6.45) is 7.98. The molecule has 96 valence electrons. The van der Waals surface area contributed by atoms with E-state index < -0.39 is 0 Å². The molecule has 3 heteroatoms. The molecule has 2 aromatic rings. The number of hydrogen-bond acceptors (Lipinski definition) is 2. The largest absolute Gasteiger partial charge is 0.345 e. The Bertz CT molecular complexity index is 524. The molecule has 0 N–H and O–H groups in total. The molecule has 0 amide bonds. The van der Waals surface area contributed by atoms with E-state index in [1.807, 2.05) is 12.3 Å². The van der Waals surface area contributed by atoms with Gasteiger partial charge in [-0.1, -0.05) is 6.92 Å². The summed E-state index contributed by atoms with van der Waals surface area (Å²) >= 11 is 0. The van der Waals surface area contributed by atoms with Gasteiger partial charge in [0.25, 0.3) is 0 Å². The summed E-state index contributed by atoms with van der Waals surface area (Å²) in [5.41, 5.74) is 3.84. The van der Waals surface area contributed by atoms with Crippen molar-refractivity contribution in [2.45, 2.75) is 32.7 Å². The zero-order valence-corrected chi connectivity index (χ0v) is 11.1. The zero-order valence-electron chi connectivity index (χ0n) is 11.1. The SMILES string of the molecule is CCc1cn(CCN2CCCC2)c2cccnc12. The number of pyridine rings is 1. The number of nitrogens with zero attached hydrogens (tertiary/aromatic N) is 3. The number of aryl methyl sites for hydroxylation is 1. The van der Waals surface area contributed by atoms with Crippen LogP contribution in [0.5, 0.6) is 0 Å². The minimum Gasteiger partial charge on any atom is -0.345 e. The predicted octanol–water partition coefficient (Wildman–Crippen LogP) is 2.69. The maximum absolute atomic E-state index is 4.52. The van der Waals surface area contributed by atoms with E-state index in [4.69, 9.17) is 0 Å². The quantitative estimate of drug-likeness (QED) is 0.823.